The van der Waals surface area contributed by atoms with Crippen LogP contribution in [0.4, 0.5) is 0 Å². The first-order valence-corrected chi connectivity index (χ1v) is 4.23. The summed E-state index contributed by atoms with van der Waals surface area (Å²) < 4.78 is 0.636. The molecule has 0 saturated heterocycles. The van der Waals surface area contributed by atoms with Crippen molar-refractivity contribution in [2.75, 3.05) is 0 Å². The van der Waals surface area contributed by atoms with Crippen molar-refractivity contribution in [1.82, 2.24) is 0 Å². The van der Waals surface area contributed by atoms with Crippen LogP contribution in [0.2, 0.25) is 4.34 Å². The van der Waals surface area contributed by atoms with E-state index in [2.05, 4.69) is 0 Å². The molecule has 0 radical (unpaired) electrons. The van der Waals surface area contributed by atoms with Gasteiger partial charge in [-0.25, -0.2) is 0 Å². The number of hydrogen-bond acceptors (Lipinski definition) is 3. The summed E-state index contributed by atoms with van der Waals surface area (Å²) in [6.45, 7) is 0. The largest absolute Gasteiger partial charge is 0.386 e. The van der Waals surface area contributed by atoms with Gasteiger partial charge in [0.05, 0.1) is 16.8 Å². The number of rotatable bonds is 2. The Morgan fingerprint density at radius 1 is 1.73 bits per heavy atom. The SMILES string of the molecule is N#CCC(O)c1ccc(Cl)s1. The topological polar surface area (TPSA) is 44.0 Å². The van der Waals surface area contributed by atoms with Gasteiger partial charge in [-0.15, -0.1) is 11.3 Å². The molecule has 11 heavy (non-hydrogen) atoms. The van der Waals surface area contributed by atoms with Crippen LogP contribution in [0.3, 0.4) is 0 Å². The number of nitriles is 1. The highest BCUT2D eigenvalue weighted by Gasteiger charge is 2.08. The van der Waals surface area contributed by atoms with Gasteiger partial charge in [0.25, 0.3) is 0 Å². The molecule has 1 heterocycles. The lowest BCUT2D eigenvalue weighted by molar-refractivity contribution is 0.187. The minimum atomic E-state index is -0.683. The average Bonchev–Trinajstić information content (AvgIpc) is 2.36. The lowest BCUT2D eigenvalue weighted by Gasteiger charge is -1.99. The summed E-state index contributed by atoms with van der Waals surface area (Å²) in [6.07, 6.45) is -0.561. The molecule has 0 aliphatic carbocycles. The number of aliphatic hydroxyl groups is 1. The first-order chi connectivity index (χ1) is 5.24. The van der Waals surface area contributed by atoms with E-state index >= 15 is 0 Å². The fourth-order valence-corrected chi connectivity index (χ4v) is 1.74. The fraction of sp³-hybridized carbons (Fsp3) is 0.286. The fourth-order valence-electron chi connectivity index (χ4n) is 0.694. The summed E-state index contributed by atoms with van der Waals surface area (Å²) >= 11 is 6.93. The molecule has 1 aromatic rings. The molecule has 1 aromatic heterocycles. The van der Waals surface area contributed by atoms with E-state index in [0.717, 1.165) is 4.88 Å². The van der Waals surface area contributed by atoms with Crippen LogP contribution in [-0.4, -0.2) is 5.11 Å². The van der Waals surface area contributed by atoms with E-state index in [1.54, 1.807) is 12.1 Å². The first kappa shape index (κ1) is 8.54. The predicted octanol–water partition coefficient (Wildman–Crippen LogP) is 2.35. The molecule has 1 N–H and O–H groups in total. The van der Waals surface area contributed by atoms with Crippen LogP contribution in [0.1, 0.15) is 17.4 Å². The highest BCUT2D eigenvalue weighted by Crippen LogP contribution is 2.27. The van der Waals surface area contributed by atoms with Crippen molar-refractivity contribution in [3.63, 3.8) is 0 Å². The van der Waals surface area contributed by atoms with E-state index in [-0.39, 0.29) is 6.42 Å². The van der Waals surface area contributed by atoms with Gasteiger partial charge in [-0.1, -0.05) is 11.6 Å². The van der Waals surface area contributed by atoms with Crippen LogP contribution in [0.15, 0.2) is 12.1 Å². The molecule has 0 amide bonds. The maximum Gasteiger partial charge on any atom is 0.101 e. The highest BCUT2D eigenvalue weighted by molar-refractivity contribution is 7.16. The van der Waals surface area contributed by atoms with Crippen LogP contribution < -0.4 is 0 Å². The van der Waals surface area contributed by atoms with Crippen molar-refractivity contribution >= 4 is 22.9 Å². The van der Waals surface area contributed by atoms with E-state index in [4.69, 9.17) is 16.9 Å². The Balaban J connectivity index is 2.70. The van der Waals surface area contributed by atoms with Crippen molar-refractivity contribution in [2.24, 2.45) is 0 Å². The van der Waals surface area contributed by atoms with Crippen molar-refractivity contribution in [3.05, 3.63) is 21.3 Å². The quantitative estimate of drug-likeness (QED) is 0.773. The third-order valence-corrected chi connectivity index (χ3v) is 2.54. The lowest BCUT2D eigenvalue weighted by Crippen LogP contribution is -1.90. The van der Waals surface area contributed by atoms with Crippen LogP contribution in [-0.2, 0) is 0 Å². The minimum absolute atomic E-state index is 0.122. The zero-order chi connectivity index (χ0) is 8.27. The molecule has 0 aromatic carbocycles. The predicted molar refractivity (Wildman–Crippen MR) is 44.5 cm³/mol. The van der Waals surface area contributed by atoms with Gasteiger partial charge in [0, 0.05) is 4.88 Å². The number of nitrogens with zero attached hydrogens (tertiary/aromatic N) is 1. The van der Waals surface area contributed by atoms with Gasteiger partial charge < -0.3 is 5.11 Å². The normalized spacial score (nSPS) is 12.5. The Kier molecular flexibility index (Phi) is 2.89. The Labute approximate surface area is 73.7 Å². The Hall–Kier alpha value is -0.560. The summed E-state index contributed by atoms with van der Waals surface area (Å²) in [6, 6.07) is 5.33. The van der Waals surface area contributed by atoms with E-state index in [9.17, 15) is 5.11 Å². The highest BCUT2D eigenvalue weighted by atomic mass is 35.5. The summed E-state index contributed by atoms with van der Waals surface area (Å²) in [7, 11) is 0. The van der Waals surface area contributed by atoms with Gasteiger partial charge in [-0.2, -0.15) is 5.26 Å². The molecule has 1 rings (SSSR count). The van der Waals surface area contributed by atoms with Crippen LogP contribution in [0, 0.1) is 11.3 Å². The molecule has 0 saturated carbocycles. The minimum Gasteiger partial charge on any atom is -0.386 e. The molecule has 0 aliphatic heterocycles. The van der Waals surface area contributed by atoms with Crippen LogP contribution >= 0.6 is 22.9 Å². The van der Waals surface area contributed by atoms with E-state index < -0.39 is 6.10 Å². The third kappa shape index (κ3) is 2.19. The van der Waals surface area contributed by atoms with Gasteiger partial charge >= 0.3 is 0 Å². The maximum atomic E-state index is 9.26. The van der Waals surface area contributed by atoms with E-state index in [1.165, 1.54) is 11.3 Å². The molecule has 4 heteroatoms. The molecule has 58 valence electrons. The van der Waals surface area contributed by atoms with Gasteiger partial charge in [-0.3, -0.25) is 0 Å². The van der Waals surface area contributed by atoms with Gasteiger partial charge in [0.2, 0.25) is 0 Å². The molecule has 0 bridgehead atoms. The second-order valence-electron chi connectivity index (χ2n) is 2.02. The van der Waals surface area contributed by atoms with Crippen LogP contribution in [0.25, 0.3) is 0 Å². The Bertz CT molecular complexity index is 278. The number of hydrogen-bond donors (Lipinski definition) is 1. The van der Waals surface area contributed by atoms with E-state index in [1.807, 2.05) is 6.07 Å². The number of aliphatic hydroxyl groups excluding tert-OH is 1. The molecular formula is C7H6ClNOS. The standard InChI is InChI=1S/C7H6ClNOS/c8-7-2-1-6(11-7)5(10)3-4-9/h1-2,5,10H,3H2. The summed E-state index contributed by atoms with van der Waals surface area (Å²) in [5, 5.41) is 17.5. The second kappa shape index (κ2) is 3.72. The lowest BCUT2D eigenvalue weighted by atomic mass is 10.2. The van der Waals surface area contributed by atoms with Crippen molar-refractivity contribution in [3.8, 4) is 6.07 Å². The second-order valence-corrected chi connectivity index (χ2v) is 3.77. The third-order valence-electron chi connectivity index (χ3n) is 1.21. The average molecular weight is 188 g/mol. The summed E-state index contributed by atoms with van der Waals surface area (Å²) in [5.74, 6) is 0. The van der Waals surface area contributed by atoms with Crippen molar-refractivity contribution in [1.29, 1.82) is 5.26 Å². The number of thiophene rings is 1. The van der Waals surface area contributed by atoms with Crippen molar-refractivity contribution < 1.29 is 5.11 Å². The molecule has 1 unspecified atom stereocenters. The smallest absolute Gasteiger partial charge is 0.101 e. The Morgan fingerprint density at radius 3 is 2.91 bits per heavy atom. The zero-order valence-electron chi connectivity index (χ0n) is 5.62. The van der Waals surface area contributed by atoms with E-state index in [0.29, 0.717) is 4.34 Å². The maximum absolute atomic E-state index is 9.26. The molecule has 0 aliphatic rings. The summed E-state index contributed by atoms with van der Waals surface area (Å²) in [4.78, 5) is 0.747. The van der Waals surface area contributed by atoms with Gasteiger partial charge in [-0.05, 0) is 12.1 Å². The van der Waals surface area contributed by atoms with Gasteiger partial charge in [0.1, 0.15) is 6.10 Å². The molecule has 1 atom stereocenters. The first-order valence-electron chi connectivity index (χ1n) is 3.04. The van der Waals surface area contributed by atoms with Gasteiger partial charge in [0.15, 0.2) is 0 Å². The molecule has 0 fully saturated rings. The molecule has 0 spiro atoms. The summed E-state index contributed by atoms with van der Waals surface area (Å²) in [5.41, 5.74) is 0. The van der Waals surface area contributed by atoms with Crippen molar-refractivity contribution in [2.45, 2.75) is 12.5 Å². The Morgan fingerprint density at radius 2 is 2.45 bits per heavy atom. The van der Waals surface area contributed by atoms with Crippen LogP contribution in [0.5, 0.6) is 0 Å². The molecular weight excluding hydrogens is 182 g/mol. The zero-order valence-corrected chi connectivity index (χ0v) is 7.19. The number of halogens is 1. The monoisotopic (exact) mass is 187 g/mol. The molecule has 2 nitrogen and oxygen atoms in total.